The van der Waals surface area contributed by atoms with Gasteiger partial charge >= 0.3 is 0 Å². The first kappa shape index (κ1) is 26.6. The van der Waals surface area contributed by atoms with Crippen molar-refractivity contribution < 1.29 is 38.9 Å². The highest BCUT2D eigenvalue weighted by atomic mass is 19.1. The molecule has 0 atom stereocenters. The van der Waals surface area contributed by atoms with Gasteiger partial charge in [-0.05, 0) is 74.4 Å². The average Bonchev–Trinajstić information content (AvgIpc) is 3.75. The second-order valence-electron chi connectivity index (χ2n) is 8.70. The molecule has 3 aromatic carbocycles. The van der Waals surface area contributed by atoms with Crippen LogP contribution in [0.5, 0.6) is 17.2 Å². The molecule has 1 saturated carbocycles. The molecule has 4 rings (SSSR count). The topological polar surface area (TPSA) is 123 Å². The first-order chi connectivity index (χ1) is 18.3. The van der Waals surface area contributed by atoms with Gasteiger partial charge in [0.15, 0.2) is 17.2 Å². The zero-order valence-electron chi connectivity index (χ0n) is 21.2. The number of carbonyl (C=O) groups excluding carboxylic acids is 2. The molecular formula is C28H29FN3O6+. The number of nitrogens with one attached hydrogen (secondary N) is 2. The van der Waals surface area contributed by atoms with Gasteiger partial charge in [-0.25, -0.2) is 9.60 Å². The van der Waals surface area contributed by atoms with Crippen LogP contribution < -0.4 is 30.3 Å². The summed E-state index contributed by atoms with van der Waals surface area (Å²) >= 11 is 0. The molecule has 0 heterocycles. The predicted molar refractivity (Wildman–Crippen MR) is 139 cm³/mol. The van der Waals surface area contributed by atoms with Gasteiger partial charge in [0.2, 0.25) is 11.8 Å². The number of amides is 2. The lowest BCUT2D eigenvalue weighted by Gasteiger charge is -2.16. The Morgan fingerprint density at radius 1 is 0.921 bits per heavy atom. The third-order valence-corrected chi connectivity index (χ3v) is 6.28. The van der Waals surface area contributed by atoms with Crippen LogP contribution in [0.25, 0.3) is 5.76 Å². The number of quaternary nitrogens is 1. The lowest BCUT2D eigenvalue weighted by molar-refractivity contribution is -0.825. The molecule has 0 aliphatic heterocycles. The molecule has 198 valence electrons. The van der Waals surface area contributed by atoms with Crippen molar-refractivity contribution in [2.45, 2.75) is 19.8 Å². The van der Waals surface area contributed by atoms with Crippen LogP contribution in [0, 0.1) is 11.2 Å². The zero-order chi connectivity index (χ0) is 27.3. The van der Waals surface area contributed by atoms with Crippen molar-refractivity contribution in [3.05, 3.63) is 78.1 Å². The Bertz CT molecular complexity index is 1350. The number of ether oxygens (including phenoxy) is 3. The highest BCUT2D eigenvalue weighted by Crippen LogP contribution is 2.47. The van der Waals surface area contributed by atoms with Crippen LogP contribution in [0.1, 0.15) is 25.3 Å². The SMILES string of the molecule is C/C=C(/Oc1ccc(NC(=O)C2(C(=O)Nc3ccc(F)cc3)CC2)cc1)c1cc(OC)c(OC)cc1[NH2+]O. The highest BCUT2D eigenvalue weighted by molar-refractivity contribution is 6.16. The Hall–Kier alpha value is -4.41. The molecule has 1 aliphatic carbocycles. The fourth-order valence-electron chi connectivity index (χ4n) is 3.93. The number of hydrogen-bond acceptors (Lipinski definition) is 6. The van der Waals surface area contributed by atoms with E-state index < -0.39 is 23.0 Å². The van der Waals surface area contributed by atoms with Crippen LogP contribution >= 0.6 is 0 Å². The number of allylic oxidation sites excluding steroid dienone is 1. The van der Waals surface area contributed by atoms with Crippen molar-refractivity contribution in [1.82, 2.24) is 0 Å². The Morgan fingerprint density at radius 2 is 1.45 bits per heavy atom. The number of nitrogens with two attached hydrogens (primary N) is 1. The van der Waals surface area contributed by atoms with Crippen molar-refractivity contribution in [3.8, 4) is 17.2 Å². The van der Waals surface area contributed by atoms with Gasteiger partial charge in [-0.15, -0.1) is 0 Å². The summed E-state index contributed by atoms with van der Waals surface area (Å²) in [6, 6.07) is 15.4. The minimum absolute atomic E-state index is 0.409. The maximum Gasteiger partial charge on any atom is 0.240 e. The summed E-state index contributed by atoms with van der Waals surface area (Å²) in [6.07, 6.45) is 2.60. The molecule has 0 spiro atoms. The van der Waals surface area contributed by atoms with Gasteiger partial charge in [0.1, 0.15) is 22.7 Å². The number of halogens is 1. The van der Waals surface area contributed by atoms with Gasteiger partial charge in [0.05, 0.1) is 19.8 Å². The summed E-state index contributed by atoms with van der Waals surface area (Å²) in [5, 5.41) is 15.2. The molecule has 0 bridgehead atoms. The number of methoxy groups -OCH3 is 2. The Balaban J connectivity index is 1.43. The molecule has 38 heavy (non-hydrogen) atoms. The first-order valence-corrected chi connectivity index (χ1v) is 11.9. The standard InChI is InChI=1S/C28H28FN3O6/c1-4-23(21-15-24(36-2)25(37-3)16-22(21)32-35)38-20-11-9-19(10-12-20)31-27(34)28(13-14-28)26(33)30-18-7-5-17(29)6-8-18/h4-12,15-16,32,35H,13-14H2,1-3H3,(H,30,33)(H,31,34)/p+1/b23-4+. The van der Waals surface area contributed by atoms with E-state index in [0.717, 1.165) is 5.48 Å². The minimum Gasteiger partial charge on any atom is -0.493 e. The van der Waals surface area contributed by atoms with Gasteiger partial charge in [-0.2, -0.15) is 5.48 Å². The Kier molecular flexibility index (Phi) is 7.94. The molecule has 0 unspecified atom stereocenters. The molecule has 0 saturated heterocycles. The summed E-state index contributed by atoms with van der Waals surface area (Å²) < 4.78 is 29.8. The average molecular weight is 523 g/mol. The quantitative estimate of drug-likeness (QED) is 0.137. The Morgan fingerprint density at radius 3 is 1.92 bits per heavy atom. The maximum absolute atomic E-state index is 13.1. The van der Waals surface area contributed by atoms with Gasteiger partial charge in [0, 0.05) is 23.5 Å². The molecule has 2 amide bonds. The molecule has 3 aromatic rings. The molecule has 1 fully saturated rings. The largest absolute Gasteiger partial charge is 0.493 e. The summed E-state index contributed by atoms with van der Waals surface area (Å²) in [7, 11) is 3.03. The molecule has 0 aromatic heterocycles. The van der Waals surface area contributed by atoms with Crippen LogP contribution in [0.4, 0.5) is 21.5 Å². The number of hydrogen-bond donors (Lipinski definition) is 4. The Labute approximate surface area is 219 Å². The first-order valence-electron chi connectivity index (χ1n) is 11.9. The summed E-state index contributed by atoms with van der Waals surface area (Å²) in [4.78, 5) is 25.7. The zero-order valence-corrected chi connectivity index (χ0v) is 21.2. The molecule has 10 heteroatoms. The van der Waals surface area contributed by atoms with E-state index in [-0.39, 0.29) is 0 Å². The predicted octanol–water partition coefficient (Wildman–Crippen LogP) is 4.22. The van der Waals surface area contributed by atoms with E-state index in [1.54, 1.807) is 49.4 Å². The second-order valence-corrected chi connectivity index (χ2v) is 8.70. The molecular weight excluding hydrogens is 493 g/mol. The van der Waals surface area contributed by atoms with E-state index in [1.165, 1.54) is 38.5 Å². The summed E-state index contributed by atoms with van der Waals surface area (Å²) in [6.45, 7) is 1.80. The van der Waals surface area contributed by atoms with E-state index in [1.807, 2.05) is 0 Å². The van der Waals surface area contributed by atoms with Crippen molar-refractivity contribution in [2.24, 2.45) is 5.41 Å². The van der Waals surface area contributed by atoms with E-state index in [9.17, 15) is 19.2 Å². The highest BCUT2D eigenvalue weighted by Gasteiger charge is 2.56. The summed E-state index contributed by atoms with van der Waals surface area (Å²) in [5.74, 6) is 0.659. The van der Waals surface area contributed by atoms with Gasteiger partial charge < -0.3 is 24.8 Å². The van der Waals surface area contributed by atoms with E-state index >= 15 is 0 Å². The third kappa shape index (κ3) is 5.61. The molecule has 5 N–H and O–H groups in total. The van der Waals surface area contributed by atoms with E-state index in [4.69, 9.17) is 14.2 Å². The number of rotatable bonds is 10. The van der Waals surface area contributed by atoms with E-state index in [2.05, 4.69) is 10.6 Å². The van der Waals surface area contributed by atoms with Gasteiger partial charge in [-0.1, -0.05) is 0 Å². The van der Waals surface area contributed by atoms with Crippen LogP contribution in [0.15, 0.2) is 66.7 Å². The van der Waals surface area contributed by atoms with Crippen LogP contribution in [-0.2, 0) is 9.59 Å². The molecule has 9 nitrogen and oxygen atoms in total. The fraction of sp³-hybridized carbons (Fsp3) is 0.214. The van der Waals surface area contributed by atoms with Gasteiger partial charge in [-0.3, -0.25) is 9.59 Å². The van der Waals surface area contributed by atoms with Crippen LogP contribution in [-0.4, -0.2) is 31.2 Å². The smallest absolute Gasteiger partial charge is 0.240 e. The molecule has 1 aliphatic rings. The van der Waals surface area contributed by atoms with E-state index in [0.29, 0.717) is 58.5 Å². The number of anilines is 2. The van der Waals surface area contributed by atoms with Crippen LogP contribution in [0.3, 0.4) is 0 Å². The number of carbonyl (C=O) groups is 2. The third-order valence-electron chi connectivity index (χ3n) is 6.28. The van der Waals surface area contributed by atoms with Crippen molar-refractivity contribution in [2.75, 3.05) is 24.9 Å². The lowest BCUT2D eigenvalue weighted by atomic mass is 10.0. The maximum atomic E-state index is 13.1. The van der Waals surface area contributed by atoms with Crippen molar-refractivity contribution in [3.63, 3.8) is 0 Å². The minimum atomic E-state index is -1.16. The molecule has 0 radical (unpaired) electrons. The monoisotopic (exact) mass is 522 g/mol. The van der Waals surface area contributed by atoms with Gasteiger partial charge in [0.25, 0.3) is 0 Å². The van der Waals surface area contributed by atoms with Crippen molar-refractivity contribution >= 4 is 34.6 Å². The summed E-state index contributed by atoms with van der Waals surface area (Å²) in [5.41, 5.74) is 1.80. The van der Waals surface area contributed by atoms with Crippen LogP contribution in [0.2, 0.25) is 0 Å². The number of benzene rings is 3. The fourth-order valence-corrected chi connectivity index (χ4v) is 3.93. The van der Waals surface area contributed by atoms with Crippen molar-refractivity contribution in [1.29, 1.82) is 0 Å². The lowest BCUT2D eigenvalue weighted by Crippen LogP contribution is -2.74. The normalized spacial score (nSPS) is 13.9. The second kappa shape index (κ2) is 11.3.